The molecule has 0 saturated carbocycles. The van der Waals surface area contributed by atoms with E-state index in [4.69, 9.17) is 9.84 Å². The van der Waals surface area contributed by atoms with Crippen molar-refractivity contribution in [2.24, 2.45) is 0 Å². The number of anilines is 1. The zero-order chi connectivity index (χ0) is 11.3. The Morgan fingerprint density at radius 2 is 2.33 bits per heavy atom. The summed E-state index contributed by atoms with van der Waals surface area (Å²) in [7, 11) is 1.47. The number of nitrogens with zero attached hydrogens (tertiary/aromatic N) is 1. The first kappa shape index (κ1) is 11.4. The van der Waals surface area contributed by atoms with Crippen LogP contribution in [0.25, 0.3) is 0 Å². The topological polar surface area (TPSA) is 120 Å². The first-order chi connectivity index (χ1) is 7.17. The lowest BCUT2D eigenvalue weighted by atomic mass is 10.3. The van der Waals surface area contributed by atoms with Gasteiger partial charge in [0, 0.05) is 7.11 Å². The van der Waals surface area contributed by atoms with E-state index in [1.807, 2.05) is 4.98 Å². The number of aromatic nitrogens is 3. The third-order valence-electron chi connectivity index (χ3n) is 1.64. The Morgan fingerprint density at radius 3 is 2.87 bits per heavy atom. The molecule has 1 rings (SSSR count). The minimum absolute atomic E-state index is 0.0642. The van der Waals surface area contributed by atoms with Crippen molar-refractivity contribution in [1.82, 2.24) is 15.2 Å². The summed E-state index contributed by atoms with van der Waals surface area (Å²) in [5, 5.41) is 17.1. The average molecular weight is 216 g/mol. The molecule has 1 aromatic heterocycles. The molecule has 4 N–H and O–H groups in total. The maximum Gasteiger partial charge on any atom is 0.342 e. The minimum Gasteiger partial charge on any atom is -0.394 e. The first-order valence-corrected chi connectivity index (χ1v) is 4.22. The number of rotatable bonds is 5. The van der Waals surface area contributed by atoms with Crippen molar-refractivity contribution >= 4 is 5.82 Å². The van der Waals surface area contributed by atoms with E-state index in [0.29, 0.717) is 0 Å². The number of methoxy groups -OCH3 is 1. The highest BCUT2D eigenvalue weighted by Gasteiger charge is 2.10. The summed E-state index contributed by atoms with van der Waals surface area (Å²) >= 11 is 0. The molecule has 15 heavy (non-hydrogen) atoms. The molecule has 0 aliphatic carbocycles. The number of aliphatic hydroxyl groups excluding tert-OH is 1. The number of aliphatic hydroxyl groups is 1. The summed E-state index contributed by atoms with van der Waals surface area (Å²) in [4.78, 5) is 23.8. The van der Waals surface area contributed by atoms with Crippen LogP contribution in [0.1, 0.15) is 0 Å². The van der Waals surface area contributed by atoms with Gasteiger partial charge in [-0.1, -0.05) is 0 Å². The molecule has 0 aliphatic heterocycles. The van der Waals surface area contributed by atoms with E-state index in [1.165, 1.54) is 7.11 Å². The van der Waals surface area contributed by atoms with Gasteiger partial charge in [0.05, 0.1) is 19.3 Å². The highest BCUT2D eigenvalue weighted by atomic mass is 16.5. The highest BCUT2D eigenvalue weighted by molar-refractivity contribution is 5.30. The average Bonchev–Trinajstić information content (AvgIpc) is 2.21. The normalized spacial score (nSPS) is 12.4. The molecule has 1 atom stereocenters. The van der Waals surface area contributed by atoms with Gasteiger partial charge in [-0.15, -0.1) is 5.10 Å². The van der Waals surface area contributed by atoms with Crippen LogP contribution in [0.5, 0.6) is 0 Å². The Bertz CT molecular complexity index is 412. The molecule has 0 fully saturated rings. The van der Waals surface area contributed by atoms with Crippen molar-refractivity contribution in [2.45, 2.75) is 6.04 Å². The lowest BCUT2D eigenvalue weighted by Gasteiger charge is -2.14. The van der Waals surface area contributed by atoms with Crippen molar-refractivity contribution in [3.05, 3.63) is 20.8 Å². The first-order valence-electron chi connectivity index (χ1n) is 4.22. The van der Waals surface area contributed by atoms with E-state index in [0.717, 1.165) is 0 Å². The lowest BCUT2D eigenvalue weighted by molar-refractivity contribution is 0.153. The van der Waals surface area contributed by atoms with Crippen molar-refractivity contribution in [1.29, 1.82) is 0 Å². The number of hydrogen-bond acceptors (Lipinski definition) is 6. The zero-order valence-corrected chi connectivity index (χ0v) is 8.11. The maximum absolute atomic E-state index is 11.2. The fraction of sp³-hybridized carbons (Fsp3) is 0.571. The van der Waals surface area contributed by atoms with Crippen LogP contribution in [0.2, 0.25) is 0 Å². The molecule has 0 spiro atoms. The summed E-state index contributed by atoms with van der Waals surface area (Å²) in [5.41, 5.74) is -1.33. The van der Waals surface area contributed by atoms with Gasteiger partial charge in [0.1, 0.15) is 0 Å². The predicted molar refractivity (Wildman–Crippen MR) is 51.9 cm³/mol. The fourth-order valence-electron chi connectivity index (χ4n) is 0.980. The quantitative estimate of drug-likeness (QED) is 0.446. The lowest BCUT2D eigenvalue weighted by Crippen LogP contribution is -2.34. The monoisotopic (exact) mass is 216 g/mol. The SMILES string of the molecule is COCC(CO)Nc1n[nH]c(=O)[nH]c1=O. The van der Waals surface area contributed by atoms with E-state index in [1.54, 1.807) is 0 Å². The molecule has 0 radical (unpaired) electrons. The molecular formula is C7H12N4O4. The van der Waals surface area contributed by atoms with Gasteiger partial charge >= 0.3 is 5.69 Å². The van der Waals surface area contributed by atoms with Crippen LogP contribution >= 0.6 is 0 Å². The molecule has 0 aromatic carbocycles. The fourth-order valence-corrected chi connectivity index (χ4v) is 0.980. The van der Waals surface area contributed by atoms with Gasteiger partial charge in [0.25, 0.3) is 5.56 Å². The Kier molecular flexibility index (Phi) is 4.01. The standard InChI is InChI=1S/C7H12N4O4/c1-15-3-4(2-12)8-5-6(13)9-7(14)11-10-5/h4,12H,2-3H2,1H3,(H,8,10)(H2,9,11,13,14). The molecule has 0 saturated heterocycles. The Labute approximate surface area is 84.3 Å². The smallest absolute Gasteiger partial charge is 0.342 e. The van der Waals surface area contributed by atoms with E-state index < -0.39 is 17.3 Å². The largest absolute Gasteiger partial charge is 0.394 e. The van der Waals surface area contributed by atoms with Gasteiger partial charge in [-0.2, -0.15) is 0 Å². The van der Waals surface area contributed by atoms with Crippen LogP contribution in [0.15, 0.2) is 9.59 Å². The third kappa shape index (κ3) is 3.18. The highest BCUT2D eigenvalue weighted by Crippen LogP contribution is 1.93. The number of H-pyrrole nitrogens is 2. The van der Waals surface area contributed by atoms with Gasteiger partial charge < -0.3 is 15.2 Å². The molecule has 1 unspecified atom stereocenters. The van der Waals surface area contributed by atoms with Gasteiger partial charge in [-0.3, -0.25) is 9.78 Å². The molecule has 1 heterocycles. The Morgan fingerprint density at radius 1 is 1.60 bits per heavy atom. The van der Waals surface area contributed by atoms with Gasteiger partial charge in [0.15, 0.2) is 0 Å². The molecule has 1 aromatic rings. The summed E-state index contributed by atoms with van der Waals surface area (Å²) in [6.45, 7) is 0.00479. The van der Waals surface area contributed by atoms with Crippen molar-refractivity contribution in [2.75, 3.05) is 25.6 Å². The van der Waals surface area contributed by atoms with Crippen LogP contribution in [0.4, 0.5) is 5.82 Å². The van der Waals surface area contributed by atoms with Crippen molar-refractivity contribution in [3.8, 4) is 0 Å². The Hall–Kier alpha value is -1.67. The molecule has 84 valence electrons. The third-order valence-corrected chi connectivity index (χ3v) is 1.64. The van der Waals surface area contributed by atoms with Gasteiger partial charge in [-0.25, -0.2) is 9.89 Å². The second-order valence-electron chi connectivity index (χ2n) is 2.83. The summed E-state index contributed by atoms with van der Waals surface area (Å²) in [6.07, 6.45) is 0. The number of aromatic amines is 2. The van der Waals surface area contributed by atoms with Gasteiger partial charge in [-0.05, 0) is 0 Å². The van der Waals surface area contributed by atoms with Crippen LogP contribution in [0.3, 0.4) is 0 Å². The molecule has 0 amide bonds. The Balaban J connectivity index is 2.79. The van der Waals surface area contributed by atoms with Crippen LogP contribution in [0, 0.1) is 0 Å². The summed E-state index contributed by atoms with van der Waals surface area (Å²) < 4.78 is 4.80. The molecule has 8 nitrogen and oxygen atoms in total. The summed E-state index contributed by atoms with van der Waals surface area (Å²) in [6, 6.07) is -0.450. The van der Waals surface area contributed by atoms with Crippen molar-refractivity contribution < 1.29 is 9.84 Å². The molecule has 8 heteroatoms. The predicted octanol–water partition coefficient (Wildman–Crippen LogP) is -2.12. The zero-order valence-electron chi connectivity index (χ0n) is 8.11. The van der Waals surface area contributed by atoms with Crippen LogP contribution in [-0.2, 0) is 4.74 Å². The second kappa shape index (κ2) is 5.27. The van der Waals surface area contributed by atoms with E-state index >= 15 is 0 Å². The molecule has 0 bridgehead atoms. The van der Waals surface area contributed by atoms with Gasteiger partial charge in [0.2, 0.25) is 5.82 Å². The number of ether oxygens (including phenoxy) is 1. The van der Waals surface area contributed by atoms with E-state index in [2.05, 4.69) is 15.5 Å². The number of nitrogens with one attached hydrogen (secondary N) is 3. The van der Waals surface area contributed by atoms with Crippen LogP contribution in [-0.4, -0.2) is 46.7 Å². The number of hydrogen-bond donors (Lipinski definition) is 4. The maximum atomic E-state index is 11.2. The molecular weight excluding hydrogens is 204 g/mol. The van der Waals surface area contributed by atoms with Crippen LogP contribution < -0.4 is 16.6 Å². The van der Waals surface area contributed by atoms with E-state index in [9.17, 15) is 9.59 Å². The van der Waals surface area contributed by atoms with E-state index in [-0.39, 0.29) is 19.0 Å². The van der Waals surface area contributed by atoms with Crippen molar-refractivity contribution in [3.63, 3.8) is 0 Å². The summed E-state index contributed by atoms with van der Waals surface area (Å²) in [5.74, 6) is -0.0642. The molecule has 0 aliphatic rings. The second-order valence-corrected chi connectivity index (χ2v) is 2.83. The minimum atomic E-state index is -0.683.